The number of fused-ring (bicyclic) bond motifs is 2. The number of hydrogen-bond donors (Lipinski definition) is 18. The van der Waals surface area contributed by atoms with Crippen molar-refractivity contribution in [2.24, 2.45) is 23.1 Å². The van der Waals surface area contributed by atoms with Gasteiger partial charge in [-0.25, -0.2) is 4.98 Å². The summed E-state index contributed by atoms with van der Waals surface area (Å²) in [6, 6.07) is 12.8. The molecule has 41 nitrogen and oxygen atoms in total. The number of para-hydroxylation sites is 1. The third kappa shape index (κ3) is 31.4. The number of H-pyrrole nitrogens is 2. The van der Waals surface area contributed by atoms with Gasteiger partial charge in [0, 0.05) is 101 Å². The van der Waals surface area contributed by atoms with Crippen molar-refractivity contribution in [2.45, 2.75) is 215 Å². The number of nitrogens with zero attached hydrogens (tertiary/aromatic N) is 6. The smallest absolute Gasteiger partial charge is 0.246 e. The van der Waals surface area contributed by atoms with Crippen LogP contribution in [0.25, 0.3) is 10.9 Å². The van der Waals surface area contributed by atoms with E-state index in [0.717, 1.165) is 26.5 Å². The van der Waals surface area contributed by atoms with E-state index >= 15 is 28.8 Å². The predicted octanol–water partition coefficient (Wildman–Crippen LogP) is -1.03. The highest BCUT2D eigenvalue weighted by molar-refractivity contribution is 8.00. The monoisotopic (exact) mass is 1890 g/mol. The summed E-state index contributed by atoms with van der Waals surface area (Å²) in [5.74, 6) is -18.3. The van der Waals surface area contributed by atoms with Gasteiger partial charge in [0.25, 0.3) is 0 Å². The number of guanidine groups is 1. The molecule has 6 aromatic rings. The van der Waals surface area contributed by atoms with Crippen molar-refractivity contribution in [1.29, 1.82) is 5.41 Å². The van der Waals surface area contributed by atoms with E-state index in [9.17, 15) is 57.8 Å². The number of hydrogen-bond acceptors (Lipinski definition) is 21. The van der Waals surface area contributed by atoms with Crippen LogP contribution in [0.5, 0.6) is 0 Å². The maximum atomic E-state index is 16.2. The van der Waals surface area contributed by atoms with Crippen molar-refractivity contribution in [1.82, 2.24) is 97.9 Å². The quantitative estimate of drug-likeness (QED) is 0.0167. The molecule has 13 atom stereocenters. The van der Waals surface area contributed by atoms with Crippen LogP contribution in [0.4, 0.5) is 0 Å². The highest BCUT2D eigenvalue weighted by atomic mass is 32.2. The van der Waals surface area contributed by atoms with Gasteiger partial charge in [-0.05, 0) is 86.1 Å². The molecule has 17 amide bonds. The van der Waals surface area contributed by atoms with E-state index in [1.807, 2.05) is 13.8 Å². The molecule has 2 aliphatic heterocycles. The number of amides is 17. The van der Waals surface area contributed by atoms with Crippen LogP contribution >= 0.6 is 11.8 Å². The Bertz CT molecular complexity index is 5050. The Morgan fingerprint density at radius 3 is 1.73 bits per heavy atom. The fraction of sp³-hybridized carbons (Fsp3) is 0.495. The highest BCUT2D eigenvalue weighted by Crippen LogP contribution is 2.32. The first-order valence-corrected chi connectivity index (χ1v) is 46.4. The molecule has 2 saturated heterocycles. The van der Waals surface area contributed by atoms with Crippen LogP contribution < -0.4 is 75.7 Å². The zero-order chi connectivity index (χ0) is 98.7. The first kappa shape index (κ1) is 107. The fourth-order valence-corrected chi connectivity index (χ4v) is 17.1. The summed E-state index contributed by atoms with van der Waals surface area (Å²) in [6.07, 6.45) is 4.51. The summed E-state index contributed by atoms with van der Waals surface area (Å²) >= 11 is 0.795. The molecule has 0 aliphatic carbocycles. The van der Waals surface area contributed by atoms with E-state index in [0.29, 0.717) is 64.5 Å². The van der Waals surface area contributed by atoms with Crippen molar-refractivity contribution in [3.8, 4) is 0 Å². The van der Waals surface area contributed by atoms with E-state index in [2.05, 4.69) is 73.4 Å². The van der Waals surface area contributed by atoms with Gasteiger partial charge in [0.15, 0.2) is 5.96 Å². The summed E-state index contributed by atoms with van der Waals surface area (Å²) in [5, 5.41) is 49.2. The number of rotatable bonds is 27. The Morgan fingerprint density at radius 2 is 1.12 bits per heavy atom. The molecular weight excluding hydrogens is 1760 g/mol. The summed E-state index contributed by atoms with van der Waals surface area (Å²) in [5.41, 5.74) is 19.9. The first-order chi connectivity index (χ1) is 64.4. The number of nitrogens with two attached hydrogens (primary N) is 3. The Morgan fingerprint density at radius 1 is 0.548 bits per heavy atom. The van der Waals surface area contributed by atoms with Gasteiger partial charge in [0.2, 0.25) is 100 Å². The largest absolute Gasteiger partial charge is 0.394 e. The molecule has 730 valence electrons. The van der Waals surface area contributed by atoms with Crippen LogP contribution in [0.2, 0.25) is 0 Å². The minimum atomic E-state index is -1.89. The van der Waals surface area contributed by atoms with E-state index in [4.69, 9.17) is 22.6 Å². The third-order valence-electron chi connectivity index (χ3n) is 23.6. The number of nitrogens with one attached hydrogen (secondary N) is 14. The summed E-state index contributed by atoms with van der Waals surface area (Å²) in [7, 11) is 5.27. The van der Waals surface area contributed by atoms with E-state index in [1.54, 1.807) is 135 Å². The number of primary amides is 2. The summed E-state index contributed by atoms with van der Waals surface area (Å²) < 4.78 is 0. The van der Waals surface area contributed by atoms with Crippen molar-refractivity contribution >= 4 is 129 Å². The minimum Gasteiger partial charge on any atom is -0.394 e. The molecule has 0 bridgehead atoms. The topological polar surface area (TPSA) is 605 Å². The van der Waals surface area contributed by atoms with Gasteiger partial charge in [-0.2, -0.15) is 0 Å². The number of imidazole rings is 1. The van der Waals surface area contributed by atoms with Crippen molar-refractivity contribution in [3.05, 3.63) is 162 Å². The first-order valence-electron chi connectivity index (χ1n) is 45.3. The van der Waals surface area contributed by atoms with Crippen LogP contribution in [0.3, 0.4) is 0 Å². The maximum Gasteiger partial charge on any atom is 0.246 e. The van der Waals surface area contributed by atoms with Gasteiger partial charge in [0.1, 0.15) is 78.5 Å². The van der Waals surface area contributed by atoms with Gasteiger partial charge in [-0.15, -0.1) is 11.8 Å². The van der Waals surface area contributed by atoms with E-state index < -0.39 is 228 Å². The maximum absolute atomic E-state index is 16.2. The summed E-state index contributed by atoms with van der Waals surface area (Å²) in [6.45, 7) is 5.90. The second-order valence-electron chi connectivity index (χ2n) is 34.3. The number of aliphatic hydroxyl groups excluding tert-OH is 1. The molecule has 8 rings (SSSR count). The molecule has 0 radical (unpaired) electrons. The molecule has 0 spiro atoms. The highest BCUT2D eigenvalue weighted by Gasteiger charge is 2.45. The lowest BCUT2D eigenvalue weighted by Crippen LogP contribution is -2.62. The minimum absolute atomic E-state index is 0.00342. The average molecular weight is 1890 g/mol. The van der Waals surface area contributed by atoms with Crippen molar-refractivity contribution in [3.63, 3.8) is 0 Å². The Labute approximate surface area is 788 Å². The van der Waals surface area contributed by atoms with Crippen LogP contribution in [0.15, 0.2) is 134 Å². The lowest BCUT2D eigenvalue weighted by molar-refractivity contribution is -0.149. The van der Waals surface area contributed by atoms with E-state index in [1.165, 1.54) is 57.4 Å². The van der Waals surface area contributed by atoms with Gasteiger partial charge in [0.05, 0.1) is 38.2 Å². The van der Waals surface area contributed by atoms with Crippen LogP contribution in [-0.4, -0.2) is 302 Å². The molecule has 135 heavy (non-hydrogen) atoms. The number of benzene rings is 4. The Kier molecular flexibility index (Phi) is 41.5. The molecular formula is C93H129N23O18S. The van der Waals surface area contributed by atoms with Crippen LogP contribution in [0.1, 0.15) is 146 Å². The number of aliphatic hydroxyl groups is 1. The zero-order valence-corrected chi connectivity index (χ0v) is 78.4. The second kappa shape index (κ2) is 52.6. The average Bonchev–Trinajstić information content (AvgIpc) is 1.50. The van der Waals surface area contributed by atoms with Crippen molar-refractivity contribution in [2.75, 3.05) is 72.5 Å². The van der Waals surface area contributed by atoms with Gasteiger partial charge in [-0.1, -0.05) is 163 Å². The number of thioether (sulfide) groups is 1. The Hall–Kier alpha value is -13.8. The number of carbonyl (C=O) groups is 17. The molecule has 2 fully saturated rings. The van der Waals surface area contributed by atoms with E-state index in [-0.39, 0.29) is 83.2 Å². The number of aromatic nitrogens is 3. The van der Waals surface area contributed by atoms with Crippen LogP contribution in [-0.2, 0) is 101 Å². The second-order valence-corrected chi connectivity index (χ2v) is 35.3. The molecule has 4 heterocycles. The molecule has 42 heteroatoms. The third-order valence-corrected chi connectivity index (χ3v) is 24.7. The Balaban J connectivity index is 1.21. The standard InChI is InChI=1S/C93H129N23O18S/c1-10-12-36-71-86(128)105-63(35-25-39-99-93(96)97)82(124)110-70(81(123)101-48-75(95)119)51-135-52-77(121)104-67(42-56-27-17-14-18-28-56)89(131)113(7)55(5)80(122)107-68(45-74(94)118)90(132)116-40-26-38-72(116)87(129)106-65(44-60-47-98-53-102-60)84(126)108-66(41-54(3)4)88(130)112(6)49-76(120)103-64(43-59-46-100-62-34-24-23-33-61(59)62)83(125)109-69(50-117)85(127)111-79(92(134)115(9)73(37-13-11-2)91(133)114(71)8)78(57-29-19-15-20-30-57)58-31-21-16-22-32-58/h14-24,27-34,46-47,53-55,63-73,78-79,100,117H,10-13,25-26,35-45,48-52H2,1-9H3,(H2,94,118)(H2,95,119)(H,98,102)(H,101,123)(H,103,120)(H,104,121)(H,105,128)(H,106,129)(H,107,122)(H,108,126)(H,109,125)(H,110,124)(H,111,127)(H4,96,97,99)/t55-,63-,64-,65-,66-,67-,68-,69-,70-,71-,72-,73?,79-/m0/s1. The van der Waals surface area contributed by atoms with Gasteiger partial charge in [-0.3, -0.25) is 86.9 Å². The predicted molar refractivity (Wildman–Crippen MR) is 502 cm³/mol. The molecule has 2 aromatic heterocycles. The lowest BCUT2D eigenvalue weighted by atomic mass is 9.83. The fourth-order valence-electron chi connectivity index (χ4n) is 16.2. The molecule has 4 aromatic carbocycles. The number of likely N-dealkylation sites (N-methyl/N-ethyl adjacent to an activating group) is 4. The molecule has 21 N–H and O–H groups in total. The number of carbonyl (C=O) groups excluding carboxylic acids is 17. The molecule has 1 unspecified atom stereocenters. The van der Waals surface area contributed by atoms with Crippen molar-refractivity contribution < 1.29 is 86.6 Å². The number of unbranched alkanes of at least 4 members (excludes halogenated alkanes) is 2. The molecule has 0 saturated carbocycles. The van der Waals surface area contributed by atoms with Gasteiger partial charge < -0.3 is 115 Å². The molecule has 2 aliphatic rings. The SMILES string of the molecule is CCCCC1C(=O)N(C)[C@@H](CCCC)C(=O)N[C@@H](CCCNC(=N)N)C(=O)N[C@H](C(=O)NCC(N)=O)CSCC(=O)N[C@@H](Cc2ccccc2)C(=O)N(C)[C@@H](C)C(=O)N[C@@H](CC(N)=O)C(=O)N2CCC[C@H]2C(=O)N[C@@H](Cc2cnc[nH]2)C(=O)N[C@@H](CC(C)C)C(=O)N(C)CC(=O)N[C@@H](Cc2c[nH]c3ccccc23)C(=O)N[C@@H](CO)C(=O)N[C@@H](C(c2ccccc2)c2ccccc2)C(=O)N1C. The normalized spacial score (nSPS) is 23.2. The zero-order valence-electron chi connectivity index (χ0n) is 77.6. The number of aromatic amines is 2. The van der Waals surface area contributed by atoms with Gasteiger partial charge >= 0.3 is 0 Å². The summed E-state index contributed by atoms with van der Waals surface area (Å²) in [4.78, 5) is 266. The lowest BCUT2D eigenvalue weighted by Gasteiger charge is -2.38. The van der Waals surface area contributed by atoms with Crippen LogP contribution in [0, 0.1) is 11.3 Å².